The molecule has 0 saturated carbocycles. The first-order valence-electron chi connectivity index (χ1n) is 9.10. The van der Waals surface area contributed by atoms with Crippen molar-refractivity contribution in [2.75, 3.05) is 0 Å². The number of aryl methyl sites for hydroxylation is 2. The van der Waals surface area contributed by atoms with Crippen LogP contribution in [0.4, 0.5) is 0 Å². The Kier molecular flexibility index (Phi) is 6.75. The Labute approximate surface area is 180 Å². The van der Waals surface area contributed by atoms with Crippen LogP contribution >= 0.6 is 0 Å². The topological polar surface area (TPSA) is 117 Å². The average molecular weight is 465 g/mol. The Morgan fingerprint density at radius 1 is 0.677 bits per heavy atom. The van der Waals surface area contributed by atoms with Crippen LogP contribution in [0.5, 0.6) is 0 Å². The van der Waals surface area contributed by atoms with Crippen molar-refractivity contribution in [3.05, 3.63) is 93.5 Å². The fourth-order valence-electron chi connectivity index (χ4n) is 2.55. The summed E-state index contributed by atoms with van der Waals surface area (Å²) < 4.78 is 64.4. The first kappa shape index (κ1) is 22.9. The molecule has 31 heavy (non-hydrogen) atoms. The number of hydrogen-bond donors (Lipinski definition) is 0. The SMILES string of the molecule is Cc1ccc(S(=O)(=O)OCc2cc(=O)cc(COS(=O)(=O)c3ccc(C)cc3)o2)cc1. The van der Waals surface area contributed by atoms with Crippen LogP contribution in [0.25, 0.3) is 0 Å². The minimum atomic E-state index is -4.07. The summed E-state index contributed by atoms with van der Waals surface area (Å²) in [6.07, 6.45) is 0. The Morgan fingerprint density at radius 2 is 1.03 bits per heavy atom. The first-order valence-corrected chi connectivity index (χ1v) is 11.9. The van der Waals surface area contributed by atoms with Gasteiger partial charge in [0.25, 0.3) is 20.2 Å². The Balaban J connectivity index is 1.71. The minimum absolute atomic E-state index is 0.0378. The Morgan fingerprint density at radius 3 is 1.39 bits per heavy atom. The third-order valence-corrected chi connectivity index (χ3v) is 6.76. The summed E-state index contributed by atoms with van der Waals surface area (Å²) in [5.74, 6) is -0.177. The van der Waals surface area contributed by atoms with Gasteiger partial charge in [0.15, 0.2) is 5.43 Å². The number of hydrogen-bond acceptors (Lipinski definition) is 8. The highest BCUT2D eigenvalue weighted by atomic mass is 32.2. The molecule has 2 aromatic carbocycles. The molecule has 0 aliphatic rings. The van der Waals surface area contributed by atoms with Crippen molar-refractivity contribution >= 4 is 20.2 Å². The molecule has 0 N–H and O–H groups in total. The highest BCUT2D eigenvalue weighted by Crippen LogP contribution is 2.17. The quantitative estimate of drug-likeness (QED) is 0.467. The first-order chi connectivity index (χ1) is 14.5. The smallest absolute Gasteiger partial charge is 0.297 e. The molecule has 1 aromatic heterocycles. The zero-order chi connectivity index (χ0) is 22.6. The molecule has 3 rings (SSSR count). The van der Waals surface area contributed by atoms with Crippen molar-refractivity contribution in [3.8, 4) is 0 Å². The largest absolute Gasteiger partial charge is 0.461 e. The third kappa shape index (κ3) is 6.11. The maximum absolute atomic E-state index is 12.3. The van der Waals surface area contributed by atoms with Crippen LogP contribution in [0, 0.1) is 13.8 Å². The third-order valence-electron chi connectivity index (χ3n) is 4.20. The second-order valence-corrected chi connectivity index (χ2v) is 10.0. The summed E-state index contributed by atoms with van der Waals surface area (Å²) in [6, 6.07) is 14.2. The molecule has 0 spiro atoms. The van der Waals surface area contributed by atoms with Gasteiger partial charge in [-0.05, 0) is 38.1 Å². The second kappa shape index (κ2) is 9.15. The lowest BCUT2D eigenvalue weighted by atomic mass is 10.2. The van der Waals surface area contributed by atoms with Crippen LogP contribution in [0.2, 0.25) is 0 Å². The van der Waals surface area contributed by atoms with E-state index in [0.717, 1.165) is 23.3 Å². The van der Waals surface area contributed by atoms with Crippen LogP contribution in [0.3, 0.4) is 0 Å². The molecule has 0 aliphatic heterocycles. The Bertz CT molecular complexity index is 1220. The van der Waals surface area contributed by atoms with Crippen molar-refractivity contribution in [3.63, 3.8) is 0 Å². The van der Waals surface area contributed by atoms with E-state index in [4.69, 9.17) is 12.8 Å². The fourth-order valence-corrected chi connectivity index (χ4v) is 4.30. The molecule has 3 aromatic rings. The van der Waals surface area contributed by atoms with E-state index >= 15 is 0 Å². The minimum Gasteiger partial charge on any atom is -0.461 e. The maximum atomic E-state index is 12.3. The van der Waals surface area contributed by atoms with E-state index in [1.807, 2.05) is 13.8 Å². The van der Waals surface area contributed by atoms with Gasteiger partial charge >= 0.3 is 0 Å². The van der Waals surface area contributed by atoms with Gasteiger partial charge in [-0.15, -0.1) is 0 Å². The van der Waals surface area contributed by atoms with E-state index in [2.05, 4.69) is 0 Å². The second-order valence-electron chi connectivity index (χ2n) is 6.78. The molecular formula is C21H20O8S2. The molecule has 10 heteroatoms. The van der Waals surface area contributed by atoms with E-state index in [9.17, 15) is 21.6 Å². The van der Waals surface area contributed by atoms with E-state index in [1.54, 1.807) is 24.3 Å². The van der Waals surface area contributed by atoms with Gasteiger partial charge in [-0.3, -0.25) is 13.2 Å². The average Bonchev–Trinajstić information content (AvgIpc) is 2.71. The zero-order valence-corrected chi connectivity index (χ0v) is 18.4. The van der Waals surface area contributed by atoms with Gasteiger partial charge in [0.05, 0.1) is 9.79 Å². The monoisotopic (exact) mass is 464 g/mol. The van der Waals surface area contributed by atoms with Gasteiger partial charge in [0.2, 0.25) is 0 Å². The van der Waals surface area contributed by atoms with Crippen LogP contribution in [-0.4, -0.2) is 16.8 Å². The molecule has 8 nitrogen and oxygen atoms in total. The predicted molar refractivity (Wildman–Crippen MR) is 111 cm³/mol. The van der Waals surface area contributed by atoms with E-state index in [0.29, 0.717) is 0 Å². The number of rotatable bonds is 8. The summed E-state index contributed by atoms with van der Waals surface area (Å²) in [6.45, 7) is 2.56. The molecule has 0 amide bonds. The highest BCUT2D eigenvalue weighted by Gasteiger charge is 2.18. The van der Waals surface area contributed by atoms with Gasteiger partial charge in [0, 0.05) is 12.1 Å². The van der Waals surface area contributed by atoms with Crippen LogP contribution in [-0.2, 0) is 41.8 Å². The van der Waals surface area contributed by atoms with Crippen LogP contribution in [0.1, 0.15) is 22.6 Å². The molecule has 0 aliphatic carbocycles. The van der Waals surface area contributed by atoms with Gasteiger partial charge < -0.3 is 4.42 Å². The van der Waals surface area contributed by atoms with E-state index in [-0.39, 0.29) is 21.3 Å². The molecule has 0 unspecified atom stereocenters. The summed E-state index contributed by atoms with van der Waals surface area (Å²) in [5.41, 5.74) is 1.26. The summed E-state index contributed by atoms with van der Waals surface area (Å²) in [5, 5.41) is 0. The molecule has 164 valence electrons. The van der Waals surface area contributed by atoms with Crippen molar-refractivity contribution in [1.82, 2.24) is 0 Å². The standard InChI is InChI=1S/C21H20O8S2/c1-15-3-7-20(8-4-15)30(23,24)27-13-18-11-17(22)12-19(29-18)14-28-31(25,26)21-9-5-16(2)6-10-21/h3-12H,13-14H2,1-2H3. The molecule has 0 atom stereocenters. The van der Waals surface area contributed by atoms with Crippen molar-refractivity contribution < 1.29 is 29.6 Å². The number of benzene rings is 2. The van der Waals surface area contributed by atoms with Gasteiger partial charge in [-0.1, -0.05) is 35.4 Å². The predicted octanol–water partition coefficient (Wildman–Crippen LogP) is 3.07. The summed E-state index contributed by atoms with van der Waals surface area (Å²) in [7, 11) is -8.13. The van der Waals surface area contributed by atoms with Gasteiger partial charge in [-0.2, -0.15) is 16.8 Å². The van der Waals surface area contributed by atoms with Gasteiger partial charge in [-0.25, -0.2) is 0 Å². The molecule has 0 bridgehead atoms. The Hall–Kier alpha value is -2.79. The normalized spacial score (nSPS) is 12.1. The lowest BCUT2D eigenvalue weighted by Crippen LogP contribution is -2.11. The molecule has 0 fully saturated rings. The maximum Gasteiger partial charge on any atom is 0.297 e. The van der Waals surface area contributed by atoms with Crippen molar-refractivity contribution in [1.29, 1.82) is 0 Å². The summed E-state index contributed by atoms with van der Waals surface area (Å²) >= 11 is 0. The van der Waals surface area contributed by atoms with Crippen molar-refractivity contribution in [2.45, 2.75) is 36.9 Å². The zero-order valence-electron chi connectivity index (χ0n) is 16.8. The van der Waals surface area contributed by atoms with Gasteiger partial charge in [0.1, 0.15) is 24.7 Å². The molecule has 1 heterocycles. The molecular weight excluding hydrogens is 444 g/mol. The van der Waals surface area contributed by atoms with E-state index < -0.39 is 38.9 Å². The van der Waals surface area contributed by atoms with Crippen LogP contribution < -0.4 is 5.43 Å². The van der Waals surface area contributed by atoms with Crippen molar-refractivity contribution in [2.24, 2.45) is 0 Å². The highest BCUT2D eigenvalue weighted by molar-refractivity contribution is 7.87. The fraction of sp³-hybridized carbons (Fsp3) is 0.190. The van der Waals surface area contributed by atoms with E-state index in [1.165, 1.54) is 24.3 Å². The molecule has 0 radical (unpaired) electrons. The lowest BCUT2D eigenvalue weighted by molar-refractivity contribution is 0.236. The lowest BCUT2D eigenvalue weighted by Gasteiger charge is -2.08. The van der Waals surface area contributed by atoms with Crippen LogP contribution in [0.15, 0.2) is 79.7 Å². The molecule has 0 saturated heterocycles. The summed E-state index contributed by atoms with van der Waals surface area (Å²) in [4.78, 5) is 11.8.